The Morgan fingerprint density at radius 2 is 1.96 bits per heavy atom. The lowest BCUT2D eigenvalue weighted by molar-refractivity contribution is 0.190. The first-order valence-electron chi connectivity index (χ1n) is 7.99. The van der Waals surface area contributed by atoms with Crippen molar-refractivity contribution in [1.29, 1.82) is 0 Å². The van der Waals surface area contributed by atoms with E-state index in [9.17, 15) is 0 Å². The van der Waals surface area contributed by atoms with Crippen molar-refractivity contribution < 1.29 is 4.74 Å². The fourth-order valence-electron chi connectivity index (χ4n) is 3.16. The van der Waals surface area contributed by atoms with E-state index < -0.39 is 0 Å². The largest absolute Gasteiger partial charge is 0.491 e. The number of anilines is 2. The van der Waals surface area contributed by atoms with Crippen LogP contribution in [0.15, 0.2) is 42.9 Å². The molecule has 1 aliphatic heterocycles. The second-order valence-corrected chi connectivity index (χ2v) is 6.05. The van der Waals surface area contributed by atoms with Gasteiger partial charge < -0.3 is 15.0 Å². The highest BCUT2D eigenvalue weighted by Crippen LogP contribution is 2.41. The van der Waals surface area contributed by atoms with Crippen LogP contribution in [0, 0.1) is 0 Å². The van der Waals surface area contributed by atoms with Gasteiger partial charge in [-0.15, -0.1) is 0 Å². The highest BCUT2D eigenvalue weighted by atomic mass is 16.5. The molecule has 0 saturated heterocycles. The predicted octanol–water partition coefficient (Wildman–Crippen LogP) is 3.15. The number of ether oxygens (including phenoxy) is 1. The van der Waals surface area contributed by atoms with Crippen LogP contribution in [0.2, 0.25) is 0 Å². The molecule has 0 fully saturated rings. The number of aromatic nitrogens is 3. The van der Waals surface area contributed by atoms with Crippen LogP contribution < -0.4 is 10.1 Å². The van der Waals surface area contributed by atoms with Crippen LogP contribution in [-0.4, -0.2) is 40.6 Å². The van der Waals surface area contributed by atoms with Gasteiger partial charge in [-0.3, -0.25) is 4.98 Å². The Labute approximate surface area is 140 Å². The number of pyridine rings is 1. The minimum atomic E-state index is 0.357. The fraction of sp³-hybridized carbons (Fsp3) is 0.278. The van der Waals surface area contributed by atoms with Gasteiger partial charge in [-0.1, -0.05) is 12.1 Å². The van der Waals surface area contributed by atoms with Crippen LogP contribution in [0.3, 0.4) is 0 Å². The van der Waals surface area contributed by atoms with E-state index in [0.29, 0.717) is 18.5 Å². The Morgan fingerprint density at radius 3 is 2.83 bits per heavy atom. The maximum absolute atomic E-state index is 5.97. The lowest BCUT2D eigenvalue weighted by atomic mass is 9.98. The van der Waals surface area contributed by atoms with Gasteiger partial charge in [0, 0.05) is 36.6 Å². The Bertz CT molecular complexity index is 875. The summed E-state index contributed by atoms with van der Waals surface area (Å²) in [6.07, 6.45) is 6.08. The number of benzene rings is 1. The van der Waals surface area contributed by atoms with Gasteiger partial charge >= 0.3 is 0 Å². The Kier molecular flexibility index (Phi) is 3.74. The first kappa shape index (κ1) is 14.8. The maximum atomic E-state index is 5.97. The molecule has 1 atom stereocenters. The van der Waals surface area contributed by atoms with Crippen LogP contribution >= 0.6 is 0 Å². The van der Waals surface area contributed by atoms with Crippen LogP contribution in [0.1, 0.15) is 18.0 Å². The quantitative estimate of drug-likeness (QED) is 0.799. The molecule has 1 unspecified atom stereocenters. The van der Waals surface area contributed by atoms with Gasteiger partial charge in [0.1, 0.15) is 11.3 Å². The summed E-state index contributed by atoms with van der Waals surface area (Å²) in [5, 5.41) is 3.38. The molecule has 2 aromatic heterocycles. The molecule has 24 heavy (non-hydrogen) atoms. The summed E-state index contributed by atoms with van der Waals surface area (Å²) in [4.78, 5) is 15.4. The third-order valence-electron chi connectivity index (χ3n) is 4.31. The summed E-state index contributed by atoms with van der Waals surface area (Å²) in [7, 11) is 4.20. The van der Waals surface area contributed by atoms with Crippen molar-refractivity contribution in [2.75, 3.05) is 26.0 Å². The average Bonchev–Trinajstić information content (AvgIpc) is 2.62. The third kappa shape index (κ3) is 2.55. The van der Waals surface area contributed by atoms with Crippen molar-refractivity contribution in [1.82, 2.24) is 19.9 Å². The number of rotatable bonds is 3. The zero-order chi connectivity index (χ0) is 16.5. The molecule has 0 spiro atoms. The average molecular weight is 321 g/mol. The predicted molar refractivity (Wildman–Crippen MR) is 93.6 cm³/mol. The van der Waals surface area contributed by atoms with Crippen LogP contribution in [-0.2, 0) is 0 Å². The summed E-state index contributed by atoms with van der Waals surface area (Å²) in [5.74, 6) is 1.58. The maximum Gasteiger partial charge on any atom is 0.158 e. The second-order valence-electron chi connectivity index (χ2n) is 6.05. The zero-order valence-electron chi connectivity index (χ0n) is 13.7. The Morgan fingerprint density at radius 1 is 1.08 bits per heavy atom. The molecule has 0 radical (unpaired) electrons. The topological polar surface area (TPSA) is 63.2 Å². The molecule has 1 aliphatic rings. The zero-order valence-corrected chi connectivity index (χ0v) is 13.7. The van der Waals surface area contributed by atoms with E-state index in [-0.39, 0.29) is 0 Å². The Hall–Kier alpha value is -2.73. The molecule has 0 saturated carbocycles. The van der Waals surface area contributed by atoms with Crippen molar-refractivity contribution in [2.24, 2.45) is 0 Å². The first-order chi connectivity index (χ1) is 11.7. The second kappa shape index (κ2) is 6.05. The third-order valence-corrected chi connectivity index (χ3v) is 4.31. The smallest absolute Gasteiger partial charge is 0.158 e. The molecule has 0 aliphatic carbocycles. The summed E-state index contributed by atoms with van der Waals surface area (Å²) < 4.78 is 5.97. The van der Waals surface area contributed by atoms with E-state index in [1.807, 2.05) is 18.2 Å². The molecule has 3 aromatic rings. The highest BCUT2D eigenvalue weighted by Gasteiger charge is 2.25. The summed E-state index contributed by atoms with van der Waals surface area (Å²) >= 11 is 0. The van der Waals surface area contributed by atoms with Crippen LogP contribution in [0.25, 0.3) is 11.0 Å². The molecule has 122 valence electrons. The standard InChI is InChI=1S/C18H19N5O/c1-23(2)15-7-11-24-17-12(15)4-3-5-14(17)22-18-16-13(6-8-21-18)19-9-10-20-16/h3-6,8-10,15H,7,11H2,1-2H3,(H,21,22). The van der Waals surface area contributed by atoms with Gasteiger partial charge in [0.15, 0.2) is 5.82 Å². The number of nitrogens with one attached hydrogen (secondary N) is 1. The van der Waals surface area contributed by atoms with Gasteiger partial charge in [-0.2, -0.15) is 0 Å². The lowest BCUT2D eigenvalue weighted by Gasteiger charge is -2.32. The van der Waals surface area contributed by atoms with E-state index in [0.717, 1.165) is 28.9 Å². The molecule has 6 heteroatoms. The van der Waals surface area contributed by atoms with Crippen molar-refractivity contribution in [3.63, 3.8) is 0 Å². The molecular weight excluding hydrogens is 302 g/mol. The SMILES string of the molecule is CN(C)C1CCOc2c(Nc3nccc4nccnc34)cccc21. The monoisotopic (exact) mass is 321 g/mol. The van der Waals surface area contributed by atoms with E-state index in [4.69, 9.17) is 4.74 Å². The van der Waals surface area contributed by atoms with Crippen molar-refractivity contribution in [2.45, 2.75) is 12.5 Å². The number of fused-ring (bicyclic) bond motifs is 2. The van der Waals surface area contributed by atoms with Gasteiger partial charge in [-0.25, -0.2) is 9.97 Å². The van der Waals surface area contributed by atoms with Crippen LogP contribution in [0.4, 0.5) is 11.5 Å². The van der Waals surface area contributed by atoms with E-state index >= 15 is 0 Å². The molecule has 0 amide bonds. The lowest BCUT2D eigenvalue weighted by Crippen LogP contribution is -2.26. The molecule has 1 aromatic carbocycles. The number of para-hydroxylation sites is 1. The summed E-state index contributed by atoms with van der Waals surface area (Å²) in [6.45, 7) is 0.706. The molecule has 6 nitrogen and oxygen atoms in total. The van der Waals surface area contributed by atoms with Gasteiger partial charge in [0.05, 0.1) is 17.8 Å². The van der Waals surface area contributed by atoms with Crippen molar-refractivity contribution in [3.8, 4) is 5.75 Å². The van der Waals surface area contributed by atoms with E-state index in [2.05, 4.69) is 45.3 Å². The Balaban J connectivity index is 1.77. The fourth-order valence-corrected chi connectivity index (χ4v) is 3.16. The van der Waals surface area contributed by atoms with Crippen molar-refractivity contribution in [3.05, 3.63) is 48.4 Å². The first-order valence-corrected chi connectivity index (χ1v) is 7.99. The molecule has 3 heterocycles. The molecule has 0 bridgehead atoms. The number of hydrogen-bond donors (Lipinski definition) is 1. The number of nitrogens with zero attached hydrogens (tertiary/aromatic N) is 4. The van der Waals surface area contributed by atoms with Gasteiger partial charge in [0.25, 0.3) is 0 Å². The minimum Gasteiger partial charge on any atom is -0.491 e. The normalized spacial score (nSPS) is 16.7. The van der Waals surface area contributed by atoms with Crippen LogP contribution in [0.5, 0.6) is 5.75 Å². The van der Waals surface area contributed by atoms with Crippen molar-refractivity contribution >= 4 is 22.5 Å². The summed E-state index contributed by atoms with van der Waals surface area (Å²) in [5.41, 5.74) is 3.66. The van der Waals surface area contributed by atoms with Gasteiger partial charge in [0.2, 0.25) is 0 Å². The highest BCUT2D eigenvalue weighted by molar-refractivity contribution is 5.87. The molecular formula is C18H19N5O. The minimum absolute atomic E-state index is 0.357. The number of hydrogen-bond acceptors (Lipinski definition) is 6. The molecule has 4 rings (SSSR count). The van der Waals surface area contributed by atoms with E-state index in [1.54, 1.807) is 18.6 Å². The van der Waals surface area contributed by atoms with E-state index in [1.165, 1.54) is 5.56 Å². The molecule has 1 N–H and O–H groups in total. The van der Waals surface area contributed by atoms with Gasteiger partial charge in [-0.05, 0) is 26.2 Å². The summed E-state index contributed by atoms with van der Waals surface area (Å²) in [6, 6.07) is 8.39.